The Labute approximate surface area is 219 Å². The van der Waals surface area contributed by atoms with Crippen LogP contribution < -0.4 is 5.32 Å². The monoisotopic (exact) mass is 507 g/mol. The summed E-state index contributed by atoms with van der Waals surface area (Å²) in [5.74, 6) is 3.23. The number of amides is 1. The van der Waals surface area contributed by atoms with Gasteiger partial charge in [-0.1, -0.05) is 34.1 Å². The molecule has 4 aliphatic rings. The second-order valence-corrected chi connectivity index (χ2v) is 14.2. The highest BCUT2D eigenvalue weighted by atomic mass is 16.5. The number of carbonyl (C=O) groups excluding carboxylic acids is 1. The third-order valence-corrected chi connectivity index (χ3v) is 11.6. The molecule has 0 aliphatic heterocycles. The van der Waals surface area contributed by atoms with Crippen molar-refractivity contribution in [2.45, 2.75) is 117 Å². The average molecular weight is 508 g/mol. The van der Waals surface area contributed by atoms with Crippen molar-refractivity contribution < 1.29 is 24.9 Å². The lowest BCUT2D eigenvalue weighted by Gasteiger charge is -2.64. The van der Waals surface area contributed by atoms with E-state index < -0.39 is 11.7 Å². The van der Waals surface area contributed by atoms with Crippen LogP contribution in [0.15, 0.2) is 0 Å². The van der Waals surface area contributed by atoms with Crippen molar-refractivity contribution in [3.05, 3.63) is 0 Å². The highest BCUT2D eigenvalue weighted by molar-refractivity contribution is 5.67. The zero-order valence-electron chi connectivity index (χ0n) is 23.6. The first-order chi connectivity index (χ1) is 16.8. The van der Waals surface area contributed by atoms with Crippen molar-refractivity contribution >= 4 is 6.09 Å². The number of aliphatic hydroxyl groups is 3. The number of aliphatic hydroxyl groups excluding tert-OH is 2. The van der Waals surface area contributed by atoms with Crippen LogP contribution in [0.3, 0.4) is 0 Å². The number of carbonyl (C=O) groups is 1. The third kappa shape index (κ3) is 5.08. The summed E-state index contributed by atoms with van der Waals surface area (Å²) >= 11 is 0. The molecule has 0 aromatic carbocycles. The Morgan fingerprint density at radius 2 is 1.72 bits per heavy atom. The van der Waals surface area contributed by atoms with E-state index in [-0.39, 0.29) is 29.6 Å². The molecule has 36 heavy (non-hydrogen) atoms. The fourth-order valence-electron chi connectivity index (χ4n) is 9.81. The van der Waals surface area contributed by atoms with Gasteiger partial charge < -0.3 is 25.4 Å². The van der Waals surface area contributed by atoms with E-state index in [0.717, 1.165) is 32.1 Å². The van der Waals surface area contributed by atoms with E-state index in [2.05, 4.69) is 33.0 Å². The maximum absolute atomic E-state index is 12.0. The Bertz CT molecular complexity index is 782. The molecule has 0 spiro atoms. The van der Waals surface area contributed by atoms with E-state index in [1.807, 2.05) is 0 Å². The van der Waals surface area contributed by atoms with Crippen LogP contribution in [0.4, 0.5) is 4.79 Å². The van der Waals surface area contributed by atoms with Crippen LogP contribution in [0.2, 0.25) is 0 Å². The van der Waals surface area contributed by atoms with E-state index in [1.54, 1.807) is 13.8 Å². The van der Waals surface area contributed by atoms with Crippen LogP contribution >= 0.6 is 0 Å². The van der Waals surface area contributed by atoms with E-state index >= 15 is 0 Å². The van der Waals surface area contributed by atoms with E-state index in [1.165, 1.54) is 25.7 Å². The predicted octanol–water partition coefficient (Wildman–Crippen LogP) is 5.14. The van der Waals surface area contributed by atoms with Crippen molar-refractivity contribution in [2.24, 2.45) is 52.3 Å². The second-order valence-electron chi connectivity index (χ2n) is 14.2. The maximum atomic E-state index is 12.0. The third-order valence-electron chi connectivity index (χ3n) is 11.6. The minimum Gasteiger partial charge on any atom is -0.450 e. The zero-order valence-corrected chi connectivity index (χ0v) is 23.6. The van der Waals surface area contributed by atoms with E-state index in [0.29, 0.717) is 48.0 Å². The summed E-state index contributed by atoms with van der Waals surface area (Å²) in [6.07, 6.45) is 8.57. The van der Waals surface area contributed by atoms with Crippen LogP contribution in [0.25, 0.3) is 0 Å². The van der Waals surface area contributed by atoms with Crippen LogP contribution in [-0.4, -0.2) is 52.4 Å². The molecule has 4 fully saturated rings. The Morgan fingerprint density at radius 1 is 1.06 bits per heavy atom. The molecule has 4 aliphatic carbocycles. The maximum Gasteiger partial charge on any atom is 0.407 e. The Balaban J connectivity index is 1.42. The van der Waals surface area contributed by atoms with Gasteiger partial charge in [-0.3, -0.25) is 0 Å². The van der Waals surface area contributed by atoms with E-state index in [9.17, 15) is 20.1 Å². The van der Waals surface area contributed by atoms with Crippen LogP contribution in [0, 0.1) is 52.3 Å². The molecule has 4 rings (SSSR count). The molecule has 6 heteroatoms. The van der Waals surface area contributed by atoms with Crippen LogP contribution in [-0.2, 0) is 4.74 Å². The molecule has 0 bridgehead atoms. The Kier molecular flexibility index (Phi) is 8.12. The highest BCUT2D eigenvalue weighted by Crippen LogP contribution is 2.69. The molecule has 3 unspecified atom stereocenters. The summed E-state index contributed by atoms with van der Waals surface area (Å²) in [5, 5.41) is 34.8. The standard InChI is InChI=1S/C30H53NO5/c1-7-20-24-16-19(32)10-13-30(24,6)23-11-14-29(5)21(8-9-22(29)25(23)26(20)33)18(2)12-15-36-27(34)31-17-28(3,4)35/h18-26,32-33,35H,7-17H2,1-6H3,(H,31,34)/t18-,19-,20-,21-,22+,23+,24+,25?,26-,29?,30?/m1/s1. The number of rotatable bonds is 7. The van der Waals surface area contributed by atoms with E-state index in [4.69, 9.17) is 4.74 Å². The number of ether oxygens (including phenoxy) is 1. The summed E-state index contributed by atoms with van der Waals surface area (Å²) in [7, 11) is 0. The average Bonchev–Trinajstić information content (AvgIpc) is 3.16. The van der Waals surface area contributed by atoms with Crippen molar-refractivity contribution in [3.63, 3.8) is 0 Å². The van der Waals surface area contributed by atoms with Gasteiger partial charge in [-0.25, -0.2) is 4.79 Å². The van der Waals surface area contributed by atoms with Gasteiger partial charge in [0, 0.05) is 6.54 Å². The summed E-state index contributed by atoms with van der Waals surface area (Å²) in [6.45, 7) is 13.4. The normalized spacial score (nSPS) is 45.2. The largest absolute Gasteiger partial charge is 0.450 e. The van der Waals surface area contributed by atoms with Crippen molar-refractivity contribution in [1.82, 2.24) is 5.32 Å². The van der Waals surface area contributed by atoms with Gasteiger partial charge in [0.2, 0.25) is 0 Å². The fourth-order valence-corrected chi connectivity index (χ4v) is 9.81. The molecule has 0 aromatic rings. The Hall–Kier alpha value is -0.850. The molecular weight excluding hydrogens is 454 g/mol. The first kappa shape index (κ1) is 28.2. The SMILES string of the molecule is CC[C@H]1[C@@H](O)C2[C@@H]3CC[C@H]([C@H](C)CCOC(=O)NCC(C)(C)O)C3(C)CC[C@@H]2C2(C)CC[C@@H](O)C[C@@H]12. The lowest BCUT2D eigenvalue weighted by Crippen LogP contribution is -2.62. The molecule has 208 valence electrons. The van der Waals surface area contributed by atoms with Crippen molar-refractivity contribution in [1.29, 1.82) is 0 Å². The molecule has 0 radical (unpaired) electrons. The molecule has 0 aromatic heterocycles. The minimum atomic E-state index is -0.951. The molecule has 4 saturated carbocycles. The van der Waals surface area contributed by atoms with Crippen molar-refractivity contribution in [3.8, 4) is 0 Å². The summed E-state index contributed by atoms with van der Waals surface area (Å²) in [5.41, 5.74) is -0.493. The highest BCUT2D eigenvalue weighted by Gasteiger charge is 2.64. The molecule has 0 saturated heterocycles. The molecule has 4 N–H and O–H groups in total. The number of hydrogen-bond donors (Lipinski definition) is 4. The van der Waals surface area contributed by atoms with Gasteiger partial charge in [0.1, 0.15) is 0 Å². The molecular formula is C30H53NO5. The van der Waals surface area contributed by atoms with Gasteiger partial charge in [-0.2, -0.15) is 0 Å². The number of hydrogen-bond acceptors (Lipinski definition) is 5. The zero-order chi connectivity index (χ0) is 26.5. The minimum absolute atomic E-state index is 0.173. The van der Waals surface area contributed by atoms with Crippen LogP contribution in [0.1, 0.15) is 99.3 Å². The lowest BCUT2D eigenvalue weighted by atomic mass is 9.41. The number of fused-ring (bicyclic) bond motifs is 5. The predicted molar refractivity (Wildman–Crippen MR) is 141 cm³/mol. The fraction of sp³-hybridized carbons (Fsp3) is 0.967. The quantitative estimate of drug-likeness (QED) is 0.383. The first-order valence-electron chi connectivity index (χ1n) is 14.8. The van der Waals surface area contributed by atoms with Gasteiger partial charge in [-0.15, -0.1) is 0 Å². The molecule has 11 atom stereocenters. The summed E-state index contributed by atoms with van der Waals surface area (Å²) in [6, 6.07) is 0. The molecule has 0 heterocycles. The van der Waals surface area contributed by atoms with Gasteiger partial charge in [0.15, 0.2) is 0 Å². The Morgan fingerprint density at radius 3 is 2.39 bits per heavy atom. The van der Waals surface area contributed by atoms with Crippen molar-refractivity contribution in [2.75, 3.05) is 13.2 Å². The molecule has 1 amide bonds. The topological polar surface area (TPSA) is 99.0 Å². The smallest absolute Gasteiger partial charge is 0.407 e. The van der Waals surface area contributed by atoms with Gasteiger partial charge >= 0.3 is 6.09 Å². The summed E-state index contributed by atoms with van der Waals surface area (Å²) in [4.78, 5) is 12.0. The van der Waals surface area contributed by atoms with Crippen LogP contribution in [0.5, 0.6) is 0 Å². The summed E-state index contributed by atoms with van der Waals surface area (Å²) < 4.78 is 5.43. The van der Waals surface area contributed by atoms with Gasteiger partial charge in [-0.05, 0) is 117 Å². The lowest BCUT2D eigenvalue weighted by molar-refractivity contribution is -0.203. The molecule has 6 nitrogen and oxygen atoms in total. The number of alkyl carbamates (subject to hydrolysis) is 1. The van der Waals surface area contributed by atoms with Gasteiger partial charge in [0.05, 0.1) is 24.4 Å². The number of nitrogens with one attached hydrogen (secondary N) is 1. The first-order valence-corrected chi connectivity index (χ1v) is 14.8. The second kappa shape index (κ2) is 10.4. The van der Waals surface area contributed by atoms with Gasteiger partial charge in [0.25, 0.3) is 0 Å².